The molecule has 2 nitrogen and oxygen atoms in total. The molecule has 1 aromatic rings. The van der Waals surface area contributed by atoms with E-state index in [4.69, 9.17) is 5.26 Å². The molecule has 0 aliphatic heterocycles. The number of hydrogen-bond donors (Lipinski definition) is 0. The molecule has 0 amide bonds. The van der Waals surface area contributed by atoms with Crippen molar-refractivity contribution in [2.45, 2.75) is 44.9 Å². The summed E-state index contributed by atoms with van der Waals surface area (Å²) in [6.45, 7) is 1.79. The van der Waals surface area contributed by atoms with Crippen LogP contribution in [-0.2, 0) is 11.2 Å². The van der Waals surface area contributed by atoms with Crippen molar-refractivity contribution in [2.24, 2.45) is 5.92 Å². The molecule has 0 aromatic heterocycles. The Morgan fingerprint density at radius 1 is 1.33 bits per heavy atom. The number of hydrogen-bond acceptors (Lipinski definition) is 2. The van der Waals surface area contributed by atoms with Gasteiger partial charge in [-0.1, -0.05) is 56.9 Å². The molecule has 0 N–H and O–H groups in total. The van der Waals surface area contributed by atoms with Crippen molar-refractivity contribution in [3.8, 4) is 6.07 Å². The predicted molar refractivity (Wildman–Crippen MR) is 71.1 cm³/mol. The Morgan fingerprint density at radius 3 is 2.50 bits per heavy atom. The van der Waals surface area contributed by atoms with Gasteiger partial charge in [-0.05, 0) is 23.5 Å². The molecule has 2 heteroatoms. The van der Waals surface area contributed by atoms with Crippen molar-refractivity contribution < 1.29 is 4.79 Å². The second-order valence-electron chi connectivity index (χ2n) is 5.29. The highest BCUT2D eigenvalue weighted by atomic mass is 16.1. The van der Waals surface area contributed by atoms with Gasteiger partial charge in [0, 0.05) is 0 Å². The van der Waals surface area contributed by atoms with Crippen LogP contribution in [0.5, 0.6) is 0 Å². The Morgan fingerprint density at radius 2 is 1.94 bits per heavy atom. The number of ketones is 1. The van der Waals surface area contributed by atoms with Crippen LogP contribution in [0.2, 0.25) is 0 Å². The van der Waals surface area contributed by atoms with Gasteiger partial charge >= 0.3 is 0 Å². The van der Waals surface area contributed by atoms with E-state index in [1.165, 1.54) is 31.2 Å². The van der Waals surface area contributed by atoms with E-state index in [0.717, 1.165) is 17.9 Å². The second kappa shape index (κ2) is 5.82. The normalized spacial score (nSPS) is 17.3. The van der Waals surface area contributed by atoms with Crippen molar-refractivity contribution >= 4 is 5.78 Å². The summed E-state index contributed by atoms with van der Waals surface area (Å²) in [6, 6.07) is 9.89. The predicted octanol–water partition coefficient (Wildman–Crippen LogP) is 3.62. The van der Waals surface area contributed by atoms with Crippen LogP contribution in [0.1, 0.15) is 49.7 Å². The van der Waals surface area contributed by atoms with E-state index >= 15 is 0 Å². The van der Waals surface area contributed by atoms with Crippen molar-refractivity contribution in [1.29, 1.82) is 5.26 Å². The molecule has 0 spiro atoms. The summed E-state index contributed by atoms with van der Waals surface area (Å²) in [5, 5.41) is 8.61. The summed E-state index contributed by atoms with van der Waals surface area (Å²) in [4.78, 5) is 11.3. The van der Waals surface area contributed by atoms with Gasteiger partial charge in [-0.25, -0.2) is 0 Å². The van der Waals surface area contributed by atoms with E-state index in [9.17, 15) is 4.79 Å². The summed E-state index contributed by atoms with van der Waals surface area (Å²) < 4.78 is 0. The second-order valence-corrected chi connectivity index (χ2v) is 5.29. The van der Waals surface area contributed by atoms with E-state index in [1.807, 2.05) is 12.1 Å². The zero-order chi connectivity index (χ0) is 13.0. The average molecular weight is 241 g/mol. The van der Waals surface area contributed by atoms with Gasteiger partial charge in [-0.15, -0.1) is 0 Å². The van der Waals surface area contributed by atoms with E-state index in [1.54, 1.807) is 13.0 Å². The van der Waals surface area contributed by atoms with Crippen LogP contribution < -0.4 is 0 Å². The van der Waals surface area contributed by atoms with Crippen LogP contribution in [-0.4, -0.2) is 5.78 Å². The summed E-state index contributed by atoms with van der Waals surface area (Å²) >= 11 is 0. The van der Waals surface area contributed by atoms with Crippen LogP contribution in [0.25, 0.3) is 0 Å². The van der Waals surface area contributed by atoms with Crippen LogP contribution in [0.15, 0.2) is 24.3 Å². The zero-order valence-corrected chi connectivity index (χ0v) is 10.9. The number of rotatable bonds is 4. The van der Waals surface area contributed by atoms with E-state index < -0.39 is 0 Å². The Bertz CT molecular complexity index is 449. The molecule has 1 saturated carbocycles. The average Bonchev–Trinajstić information content (AvgIpc) is 2.91. The minimum atomic E-state index is -0.362. The van der Waals surface area contributed by atoms with Crippen LogP contribution in [0.4, 0.5) is 0 Å². The molecule has 18 heavy (non-hydrogen) atoms. The zero-order valence-electron chi connectivity index (χ0n) is 10.9. The first-order valence-corrected chi connectivity index (χ1v) is 6.73. The maximum Gasteiger partial charge on any atom is 0.239 e. The van der Waals surface area contributed by atoms with E-state index in [-0.39, 0.29) is 11.7 Å². The quantitative estimate of drug-likeness (QED) is 0.755. The van der Waals surface area contributed by atoms with Crippen LogP contribution >= 0.6 is 0 Å². The standard InChI is InChI=1S/C16H19NO/c1-12(16(18)11-17)15-8-6-14(7-9-15)10-13-4-2-3-5-13/h6-9,12-13H,2-5,10H2,1H3. The van der Waals surface area contributed by atoms with Crippen molar-refractivity contribution in [2.75, 3.05) is 0 Å². The molecule has 1 aromatic carbocycles. The molecule has 2 rings (SSSR count). The monoisotopic (exact) mass is 241 g/mol. The Labute approximate surface area is 109 Å². The van der Waals surface area contributed by atoms with Gasteiger partial charge in [-0.2, -0.15) is 5.26 Å². The van der Waals surface area contributed by atoms with Gasteiger partial charge in [0.05, 0.1) is 5.92 Å². The molecule has 0 saturated heterocycles. The minimum Gasteiger partial charge on any atom is -0.282 e. The van der Waals surface area contributed by atoms with Gasteiger partial charge in [0.15, 0.2) is 0 Å². The van der Waals surface area contributed by atoms with E-state index in [0.29, 0.717) is 0 Å². The Balaban J connectivity index is 2.01. The number of nitriles is 1. The Hall–Kier alpha value is -1.62. The molecular weight excluding hydrogens is 222 g/mol. The highest BCUT2D eigenvalue weighted by molar-refractivity contribution is 5.98. The molecule has 0 bridgehead atoms. The SMILES string of the molecule is CC(C(=O)C#N)c1ccc(CC2CCCC2)cc1. The Kier molecular flexibility index (Phi) is 4.15. The molecule has 94 valence electrons. The number of carbonyl (C=O) groups excluding carboxylic acids is 1. The van der Waals surface area contributed by atoms with E-state index in [2.05, 4.69) is 12.1 Å². The maximum atomic E-state index is 11.3. The molecule has 0 heterocycles. The molecule has 1 unspecified atom stereocenters. The van der Waals surface area contributed by atoms with Gasteiger partial charge < -0.3 is 0 Å². The van der Waals surface area contributed by atoms with Gasteiger partial charge in [-0.3, -0.25) is 4.79 Å². The first-order valence-electron chi connectivity index (χ1n) is 6.73. The molecular formula is C16H19NO. The third-order valence-corrected chi connectivity index (χ3v) is 3.98. The first kappa shape index (κ1) is 12.8. The third-order valence-electron chi connectivity index (χ3n) is 3.98. The molecule has 1 aliphatic carbocycles. The van der Waals surface area contributed by atoms with Crippen LogP contribution in [0, 0.1) is 17.2 Å². The van der Waals surface area contributed by atoms with Gasteiger partial charge in [0.1, 0.15) is 6.07 Å². The highest BCUT2D eigenvalue weighted by Crippen LogP contribution is 2.28. The molecule has 1 fully saturated rings. The number of carbonyl (C=O) groups is 1. The lowest BCUT2D eigenvalue weighted by atomic mass is 9.93. The lowest BCUT2D eigenvalue weighted by molar-refractivity contribution is -0.115. The van der Waals surface area contributed by atoms with Gasteiger partial charge in [0.2, 0.25) is 5.78 Å². The fourth-order valence-corrected chi connectivity index (χ4v) is 2.74. The lowest BCUT2D eigenvalue weighted by Crippen LogP contribution is -2.06. The largest absolute Gasteiger partial charge is 0.282 e. The van der Waals surface area contributed by atoms with Gasteiger partial charge in [0.25, 0.3) is 0 Å². The van der Waals surface area contributed by atoms with Crippen molar-refractivity contribution in [1.82, 2.24) is 0 Å². The van der Waals surface area contributed by atoms with Crippen molar-refractivity contribution in [3.63, 3.8) is 0 Å². The molecule has 0 radical (unpaired) electrons. The number of benzene rings is 1. The fourth-order valence-electron chi connectivity index (χ4n) is 2.74. The first-order chi connectivity index (χ1) is 8.70. The minimum absolute atomic E-state index is 0.310. The number of nitrogens with zero attached hydrogens (tertiary/aromatic N) is 1. The maximum absolute atomic E-state index is 11.3. The highest BCUT2D eigenvalue weighted by Gasteiger charge is 2.17. The lowest BCUT2D eigenvalue weighted by Gasteiger charge is -2.11. The molecule has 1 aliphatic rings. The summed E-state index contributed by atoms with van der Waals surface area (Å²) in [5.41, 5.74) is 2.29. The topological polar surface area (TPSA) is 40.9 Å². The molecule has 1 atom stereocenters. The number of Topliss-reactive ketones (excluding diaryl/α,β-unsaturated/α-hetero) is 1. The van der Waals surface area contributed by atoms with Crippen LogP contribution in [0.3, 0.4) is 0 Å². The fraction of sp³-hybridized carbons (Fsp3) is 0.500. The smallest absolute Gasteiger partial charge is 0.239 e. The third kappa shape index (κ3) is 2.98. The summed E-state index contributed by atoms with van der Waals surface area (Å²) in [5.74, 6) is 0.170. The summed E-state index contributed by atoms with van der Waals surface area (Å²) in [6.07, 6.45) is 6.60. The summed E-state index contributed by atoms with van der Waals surface area (Å²) in [7, 11) is 0. The van der Waals surface area contributed by atoms with Crippen molar-refractivity contribution in [3.05, 3.63) is 35.4 Å².